The number of hydrogen-bond acceptors (Lipinski definition) is 5. The summed E-state index contributed by atoms with van der Waals surface area (Å²) in [5.74, 6) is 0.390. The molecule has 6 heteroatoms. The maximum Gasteiger partial charge on any atom is 0.228 e. The number of phenols is 1. The summed E-state index contributed by atoms with van der Waals surface area (Å²) in [6.45, 7) is 5.45. The van der Waals surface area contributed by atoms with E-state index in [1.54, 1.807) is 11.0 Å². The first-order valence-electron chi connectivity index (χ1n) is 9.85. The third-order valence-electron chi connectivity index (χ3n) is 7.27. The van der Waals surface area contributed by atoms with Crippen molar-refractivity contribution in [3.05, 3.63) is 40.6 Å². The standard InChI is InChI=1S/C22H25N3O3/c1-4-13-11-24-8-7-22-16-5-6-17(28-3)20(27)19(16)25(12(2)26)21(22)15(10-23)14(13)9-18(22)24/h4-6,10,14,18,23,27H,7-9,11H2,1-3H3. The van der Waals surface area contributed by atoms with E-state index >= 15 is 0 Å². The lowest BCUT2D eigenvalue weighted by Crippen LogP contribution is -2.54. The summed E-state index contributed by atoms with van der Waals surface area (Å²) in [6, 6.07) is 4.08. The Labute approximate surface area is 164 Å². The van der Waals surface area contributed by atoms with Crippen LogP contribution >= 0.6 is 0 Å². The summed E-state index contributed by atoms with van der Waals surface area (Å²) < 4.78 is 5.33. The van der Waals surface area contributed by atoms with Crippen LogP contribution in [0.5, 0.6) is 11.5 Å². The highest BCUT2D eigenvalue weighted by molar-refractivity contribution is 6.04. The molecule has 28 heavy (non-hydrogen) atoms. The Morgan fingerprint density at radius 1 is 1.43 bits per heavy atom. The Kier molecular flexibility index (Phi) is 3.56. The number of allylic oxidation sites excluding steroid dienone is 2. The van der Waals surface area contributed by atoms with E-state index in [1.807, 2.05) is 6.07 Å². The molecule has 2 bridgehead atoms. The number of hydrogen-bond donors (Lipinski definition) is 2. The molecule has 0 aromatic heterocycles. The number of methoxy groups -OCH3 is 1. The highest BCUT2D eigenvalue weighted by Crippen LogP contribution is 2.65. The number of carbonyl (C=O) groups is 1. The molecule has 3 aliphatic heterocycles. The fraction of sp³-hybridized carbons (Fsp3) is 0.455. The van der Waals surface area contributed by atoms with Crippen LogP contribution in [0, 0.1) is 11.3 Å². The van der Waals surface area contributed by atoms with Gasteiger partial charge in [0.2, 0.25) is 5.91 Å². The molecule has 1 aromatic rings. The molecule has 5 rings (SSSR count). The van der Waals surface area contributed by atoms with Crippen LogP contribution in [0.3, 0.4) is 0 Å². The van der Waals surface area contributed by atoms with Gasteiger partial charge in [0.05, 0.1) is 18.2 Å². The molecular formula is C22H25N3O3. The fourth-order valence-corrected chi connectivity index (χ4v) is 6.21. The van der Waals surface area contributed by atoms with Crippen molar-refractivity contribution in [3.8, 4) is 11.5 Å². The molecule has 6 nitrogen and oxygen atoms in total. The molecule has 2 N–H and O–H groups in total. The number of anilines is 1. The maximum atomic E-state index is 12.9. The number of benzene rings is 1. The van der Waals surface area contributed by atoms with Gasteiger partial charge in [-0.2, -0.15) is 0 Å². The van der Waals surface area contributed by atoms with E-state index in [-0.39, 0.29) is 29.0 Å². The number of aromatic hydroxyl groups is 1. The van der Waals surface area contributed by atoms with Gasteiger partial charge in [0.15, 0.2) is 11.5 Å². The Morgan fingerprint density at radius 2 is 2.21 bits per heavy atom. The molecule has 4 aliphatic rings. The lowest BCUT2D eigenvalue weighted by molar-refractivity contribution is -0.116. The Hall–Kier alpha value is -2.60. The second kappa shape index (κ2) is 5.70. The van der Waals surface area contributed by atoms with E-state index in [9.17, 15) is 9.90 Å². The number of nitrogens with zero attached hydrogens (tertiary/aromatic N) is 2. The van der Waals surface area contributed by atoms with Gasteiger partial charge in [0.25, 0.3) is 0 Å². The van der Waals surface area contributed by atoms with E-state index in [0.29, 0.717) is 11.4 Å². The number of carbonyl (C=O) groups excluding carboxylic acids is 1. The lowest BCUT2D eigenvalue weighted by Gasteiger charge is -2.49. The van der Waals surface area contributed by atoms with Crippen LogP contribution in [0.25, 0.3) is 0 Å². The zero-order valence-corrected chi connectivity index (χ0v) is 16.5. The zero-order valence-electron chi connectivity index (χ0n) is 16.5. The van der Waals surface area contributed by atoms with Crippen molar-refractivity contribution in [2.75, 3.05) is 25.1 Å². The number of phenolic OH excluding ortho intramolecular Hbond substituents is 1. The molecule has 146 valence electrons. The molecule has 3 heterocycles. The summed E-state index contributed by atoms with van der Waals surface area (Å²) in [5.41, 5.74) is 4.31. The zero-order chi connectivity index (χ0) is 19.8. The van der Waals surface area contributed by atoms with Crippen molar-refractivity contribution in [3.63, 3.8) is 0 Å². The minimum Gasteiger partial charge on any atom is -0.503 e. The Balaban J connectivity index is 1.89. The summed E-state index contributed by atoms with van der Waals surface area (Å²) in [5, 5.41) is 19.2. The van der Waals surface area contributed by atoms with Crippen LogP contribution in [0.2, 0.25) is 0 Å². The van der Waals surface area contributed by atoms with Gasteiger partial charge in [-0.05, 0) is 37.0 Å². The molecule has 1 aromatic carbocycles. The highest BCUT2D eigenvalue weighted by atomic mass is 16.5. The number of nitrogens with one attached hydrogen (secondary N) is 1. The van der Waals surface area contributed by atoms with E-state index in [4.69, 9.17) is 10.1 Å². The molecule has 3 unspecified atom stereocenters. The lowest BCUT2D eigenvalue weighted by atomic mass is 9.62. The van der Waals surface area contributed by atoms with Gasteiger partial charge in [0.1, 0.15) is 0 Å². The summed E-state index contributed by atoms with van der Waals surface area (Å²) in [7, 11) is 1.52. The largest absolute Gasteiger partial charge is 0.503 e. The minimum absolute atomic E-state index is 0.00931. The van der Waals surface area contributed by atoms with E-state index in [1.165, 1.54) is 25.8 Å². The third kappa shape index (κ3) is 1.82. The summed E-state index contributed by atoms with van der Waals surface area (Å²) >= 11 is 0. The van der Waals surface area contributed by atoms with Crippen molar-refractivity contribution in [2.45, 2.75) is 38.1 Å². The molecule has 2 fully saturated rings. The van der Waals surface area contributed by atoms with E-state index < -0.39 is 0 Å². The van der Waals surface area contributed by atoms with Gasteiger partial charge >= 0.3 is 0 Å². The van der Waals surface area contributed by atoms with Crippen molar-refractivity contribution in [2.24, 2.45) is 5.92 Å². The first kappa shape index (κ1) is 17.5. The van der Waals surface area contributed by atoms with Gasteiger partial charge in [-0.3, -0.25) is 14.6 Å². The number of rotatable bonds is 2. The molecule has 0 saturated carbocycles. The van der Waals surface area contributed by atoms with Crippen LogP contribution < -0.4 is 9.64 Å². The molecular weight excluding hydrogens is 354 g/mol. The molecule has 1 aliphatic carbocycles. The second-order valence-corrected chi connectivity index (χ2v) is 8.17. The SMILES string of the molecule is CC=C1CN2CCC34C(=C(C=N)C1CC23)N(C(C)=O)c1c4ccc(OC)c1O. The first-order valence-corrected chi connectivity index (χ1v) is 9.85. The quantitative estimate of drug-likeness (QED) is 0.612. The van der Waals surface area contributed by atoms with Gasteiger partial charge < -0.3 is 15.3 Å². The fourth-order valence-electron chi connectivity index (χ4n) is 6.21. The molecule has 0 radical (unpaired) electrons. The number of amides is 1. The van der Waals surface area contributed by atoms with Crippen LogP contribution in [0.15, 0.2) is 35.1 Å². The molecule has 1 amide bonds. The normalized spacial score (nSPS) is 31.8. The van der Waals surface area contributed by atoms with Crippen LogP contribution in [0.1, 0.15) is 32.3 Å². The molecule has 2 saturated heterocycles. The van der Waals surface area contributed by atoms with Crippen molar-refractivity contribution in [1.29, 1.82) is 5.41 Å². The number of fused-ring (bicyclic) bond motifs is 2. The van der Waals surface area contributed by atoms with Crippen LogP contribution in [-0.4, -0.2) is 48.4 Å². The van der Waals surface area contributed by atoms with Gasteiger partial charge in [-0.25, -0.2) is 0 Å². The van der Waals surface area contributed by atoms with E-state index in [2.05, 4.69) is 17.9 Å². The van der Waals surface area contributed by atoms with Crippen molar-refractivity contribution in [1.82, 2.24) is 4.90 Å². The van der Waals surface area contributed by atoms with E-state index in [0.717, 1.165) is 42.8 Å². The first-order chi connectivity index (χ1) is 13.5. The van der Waals surface area contributed by atoms with Gasteiger partial charge in [0, 0.05) is 43.9 Å². The molecule has 3 atom stereocenters. The Morgan fingerprint density at radius 3 is 2.86 bits per heavy atom. The van der Waals surface area contributed by atoms with Crippen molar-refractivity contribution < 1.29 is 14.6 Å². The predicted molar refractivity (Wildman–Crippen MR) is 107 cm³/mol. The third-order valence-corrected chi connectivity index (χ3v) is 7.27. The number of ether oxygens (including phenoxy) is 1. The Bertz CT molecular complexity index is 979. The van der Waals surface area contributed by atoms with Gasteiger partial charge in [-0.1, -0.05) is 17.7 Å². The maximum absolute atomic E-state index is 12.9. The predicted octanol–water partition coefficient (Wildman–Crippen LogP) is 2.96. The van der Waals surface area contributed by atoms with Gasteiger partial charge in [-0.15, -0.1) is 0 Å². The summed E-state index contributed by atoms with van der Waals surface area (Å²) in [6.07, 6.45) is 5.44. The average molecular weight is 379 g/mol. The average Bonchev–Trinajstić information content (AvgIpc) is 3.23. The van der Waals surface area contributed by atoms with Crippen LogP contribution in [0.4, 0.5) is 5.69 Å². The monoisotopic (exact) mass is 379 g/mol. The summed E-state index contributed by atoms with van der Waals surface area (Å²) in [4.78, 5) is 17.0. The van der Waals surface area contributed by atoms with Crippen LogP contribution in [-0.2, 0) is 10.2 Å². The minimum atomic E-state index is -0.354. The van der Waals surface area contributed by atoms with Crippen molar-refractivity contribution >= 4 is 17.8 Å². The topological polar surface area (TPSA) is 76.9 Å². The smallest absolute Gasteiger partial charge is 0.228 e. The molecule has 1 spiro atoms. The number of piperidine rings is 1. The highest BCUT2D eigenvalue weighted by Gasteiger charge is 2.64. The second-order valence-electron chi connectivity index (χ2n) is 8.17.